The minimum Gasteiger partial charge on any atom is -0.396 e. The van der Waals surface area contributed by atoms with Crippen molar-refractivity contribution in [1.29, 1.82) is 5.26 Å². The van der Waals surface area contributed by atoms with Gasteiger partial charge in [-0.3, -0.25) is 0 Å². The number of nitriles is 1. The molecule has 1 unspecified atom stereocenters. The van der Waals surface area contributed by atoms with Gasteiger partial charge in [0.05, 0.1) is 23.2 Å². The molecular formula is C10H13ClN4. The second-order valence-electron chi connectivity index (χ2n) is 3.39. The quantitative estimate of drug-likeness (QED) is 0.854. The van der Waals surface area contributed by atoms with Gasteiger partial charge in [-0.05, 0) is 13.0 Å². The Labute approximate surface area is 94.3 Å². The molecule has 1 aromatic rings. The summed E-state index contributed by atoms with van der Waals surface area (Å²) in [6.07, 6.45) is 1.98. The topological polar surface area (TPSA) is 65.9 Å². The normalized spacial score (nSPS) is 11.9. The molecule has 0 aliphatic rings. The van der Waals surface area contributed by atoms with E-state index in [1.807, 2.05) is 18.9 Å². The van der Waals surface area contributed by atoms with E-state index in [1.54, 1.807) is 12.3 Å². The minimum absolute atomic E-state index is 0.0750. The first-order valence-electron chi connectivity index (χ1n) is 4.57. The van der Waals surface area contributed by atoms with Crippen molar-refractivity contribution >= 4 is 23.1 Å². The summed E-state index contributed by atoms with van der Waals surface area (Å²) in [5, 5.41) is 9.11. The van der Waals surface area contributed by atoms with Crippen LogP contribution < -0.4 is 10.6 Å². The highest BCUT2D eigenvalue weighted by atomic mass is 35.5. The van der Waals surface area contributed by atoms with E-state index < -0.39 is 0 Å². The molecule has 0 aliphatic carbocycles. The summed E-state index contributed by atoms with van der Waals surface area (Å²) in [7, 11) is 1.86. The Morgan fingerprint density at radius 3 is 2.93 bits per heavy atom. The summed E-state index contributed by atoms with van der Waals surface area (Å²) in [6, 6.07) is 3.84. The Hall–Kier alpha value is -1.47. The molecule has 0 amide bonds. The van der Waals surface area contributed by atoms with Crippen LogP contribution in [0.2, 0.25) is 5.02 Å². The molecule has 1 atom stereocenters. The molecule has 80 valence electrons. The van der Waals surface area contributed by atoms with Crippen molar-refractivity contribution in [3.63, 3.8) is 0 Å². The molecule has 0 fully saturated rings. The van der Waals surface area contributed by atoms with Crippen LogP contribution in [0, 0.1) is 11.3 Å². The van der Waals surface area contributed by atoms with Gasteiger partial charge in [0.2, 0.25) is 0 Å². The maximum Gasteiger partial charge on any atom is 0.151 e. The average Bonchev–Trinajstić information content (AvgIpc) is 2.17. The SMILES string of the molecule is CC(CC#N)N(C)c1ncc(Cl)cc1N. The number of rotatable bonds is 3. The van der Waals surface area contributed by atoms with Crippen LogP contribution in [0.25, 0.3) is 0 Å². The van der Waals surface area contributed by atoms with Gasteiger partial charge in [-0.2, -0.15) is 5.26 Å². The summed E-state index contributed by atoms with van der Waals surface area (Å²) in [5.74, 6) is 0.655. The van der Waals surface area contributed by atoms with Crippen molar-refractivity contribution < 1.29 is 0 Å². The van der Waals surface area contributed by atoms with Crippen LogP contribution in [0.1, 0.15) is 13.3 Å². The lowest BCUT2D eigenvalue weighted by Crippen LogP contribution is -2.29. The molecule has 4 nitrogen and oxygen atoms in total. The fourth-order valence-corrected chi connectivity index (χ4v) is 1.39. The Balaban J connectivity index is 2.91. The zero-order valence-electron chi connectivity index (χ0n) is 8.74. The number of pyridine rings is 1. The van der Waals surface area contributed by atoms with E-state index in [9.17, 15) is 0 Å². The van der Waals surface area contributed by atoms with Gasteiger partial charge >= 0.3 is 0 Å². The van der Waals surface area contributed by atoms with E-state index in [0.29, 0.717) is 22.9 Å². The van der Waals surface area contributed by atoms with Crippen LogP contribution >= 0.6 is 11.6 Å². The summed E-state index contributed by atoms with van der Waals surface area (Å²) in [4.78, 5) is 6.01. The van der Waals surface area contributed by atoms with E-state index in [1.165, 1.54) is 0 Å². The van der Waals surface area contributed by atoms with Crippen molar-refractivity contribution in [2.75, 3.05) is 17.7 Å². The van der Waals surface area contributed by atoms with Crippen LogP contribution in [0.15, 0.2) is 12.3 Å². The second kappa shape index (κ2) is 4.85. The van der Waals surface area contributed by atoms with Crippen molar-refractivity contribution in [2.45, 2.75) is 19.4 Å². The molecule has 0 radical (unpaired) electrons. The van der Waals surface area contributed by atoms with E-state index >= 15 is 0 Å². The fraction of sp³-hybridized carbons (Fsp3) is 0.400. The first-order chi connectivity index (χ1) is 7.06. The number of hydrogen-bond donors (Lipinski definition) is 1. The zero-order chi connectivity index (χ0) is 11.4. The van der Waals surface area contributed by atoms with Crippen LogP contribution in [0.4, 0.5) is 11.5 Å². The molecule has 2 N–H and O–H groups in total. The minimum atomic E-state index is 0.0750. The van der Waals surface area contributed by atoms with Gasteiger partial charge in [0.15, 0.2) is 5.82 Å². The third-order valence-electron chi connectivity index (χ3n) is 2.24. The molecule has 0 aromatic carbocycles. The van der Waals surface area contributed by atoms with Crippen LogP contribution in [-0.2, 0) is 0 Å². The standard InChI is InChI=1S/C10H13ClN4/c1-7(3-4-12)15(2)10-9(13)5-8(11)6-14-10/h5-7H,3,13H2,1-2H3. The van der Waals surface area contributed by atoms with Gasteiger partial charge < -0.3 is 10.6 Å². The largest absolute Gasteiger partial charge is 0.396 e. The molecule has 1 aromatic heterocycles. The molecule has 0 spiro atoms. The smallest absolute Gasteiger partial charge is 0.151 e. The average molecular weight is 225 g/mol. The van der Waals surface area contributed by atoms with Crippen molar-refractivity contribution in [2.24, 2.45) is 0 Å². The lowest BCUT2D eigenvalue weighted by atomic mass is 10.2. The summed E-state index contributed by atoms with van der Waals surface area (Å²) in [5.41, 5.74) is 6.31. The Bertz CT molecular complexity index is 385. The highest BCUT2D eigenvalue weighted by Gasteiger charge is 2.13. The molecule has 0 bridgehead atoms. The number of aromatic nitrogens is 1. The van der Waals surface area contributed by atoms with Crippen LogP contribution in [0.3, 0.4) is 0 Å². The number of halogens is 1. The van der Waals surface area contributed by atoms with Gasteiger partial charge in [0.1, 0.15) is 0 Å². The molecule has 0 saturated carbocycles. The lowest BCUT2D eigenvalue weighted by molar-refractivity contribution is 0.695. The Kier molecular flexibility index (Phi) is 3.75. The van der Waals surface area contributed by atoms with E-state index in [4.69, 9.17) is 22.6 Å². The molecule has 5 heteroatoms. The second-order valence-corrected chi connectivity index (χ2v) is 3.82. The lowest BCUT2D eigenvalue weighted by Gasteiger charge is -2.25. The Morgan fingerprint density at radius 1 is 1.73 bits per heavy atom. The highest BCUT2D eigenvalue weighted by Crippen LogP contribution is 2.24. The van der Waals surface area contributed by atoms with Gasteiger partial charge in [-0.25, -0.2) is 4.98 Å². The Morgan fingerprint density at radius 2 is 2.40 bits per heavy atom. The summed E-state index contributed by atoms with van der Waals surface area (Å²) >= 11 is 5.75. The first kappa shape index (κ1) is 11.6. The third-order valence-corrected chi connectivity index (χ3v) is 2.45. The zero-order valence-corrected chi connectivity index (χ0v) is 9.49. The molecule has 1 heterocycles. The number of nitrogens with two attached hydrogens (primary N) is 1. The monoisotopic (exact) mass is 224 g/mol. The van der Waals surface area contributed by atoms with Crippen LogP contribution in [0.5, 0.6) is 0 Å². The van der Waals surface area contributed by atoms with Gasteiger partial charge in [0.25, 0.3) is 0 Å². The van der Waals surface area contributed by atoms with E-state index in [2.05, 4.69) is 11.1 Å². The van der Waals surface area contributed by atoms with Gasteiger partial charge in [0, 0.05) is 19.3 Å². The van der Waals surface area contributed by atoms with Gasteiger partial charge in [-0.1, -0.05) is 11.6 Å². The molecular weight excluding hydrogens is 212 g/mol. The maximum atomic E-state index is 8.60. The number of hydrogen-bond acceptors (Lipinski definition) is 4. The van der Waals surface area contributed by atoms with Crippen LogP contribution in [-0.4, -0.2) is 18.1 Å². The summed E-state index contributed by atoms with van der Waals surface area (Å²) in [6.45, 7) is 1.94. The maximum absolute atomic E-state index is 8.60. The third kappa shape index (κ3) is 2.74. The van der Waals surface area contributed by atoms with Gasteiger partial charge in [-0.15, -0.1) is 0 Å². The number of nitrogen functional groups attached to an aromatic ring is 1. The van der Waals surface area contributed by atoms with E-state index in [-0.39, 0.29) is 6.04 Å². The predicted molar refractivity (Wildman–Crippen MR) is 61.8 cm³/mol. The first-order valence-corrected chi connectivity index (χ1v) is 4.95. The number of nitrogens with zero attached hydrogens (tertiary/aromatic N) is 3. The van der Waals surface area contributed by atoms with Crippen molar-refractivity contribution in [1.82, 2.24) is 4.98 Å². The molecule has 1 rings (SSSR count). The number of anilines is 2. The van der Waals surface area contributed by atoms with Crippen molar-refractivity contribution in [3.8, 4) is 6.07 Å². The molecule has 0 saturated heterocycles. The summed E-state index contributed by atoms with van der Waals surface area (Å²) < 4.78 is 0. The van der Waals surface area contributed by atoms with E-state index in [0.717, 1.165) is 0 Å². The van der Waals surface area contributed by atoms with Crippen molar-refractivity contribution in [3.05, 3.63) is 17.3 Å². The highest BCUT2D eigenvalue weighted by molar-refractivity contribution is 6.30. The fourth-order valence-electron chi connectivity index (χ4n) is 1.22. The molecule has 15 heavy (non-hydrogen) atoms. The predicted octanol–water partition coefficient (Wildman–Crippen LogP) is 2.06. The molecule has 0 aliphatic heterocycles.